The molecule has 1 fully saturated rings. The lowest BCUT2D eigenvalue weighted by Crippen LogP contribution is -2.44. The van der Waals surface area contributed by atoms with Crippen LogP contribution in [0.3, 0.4) is 0 Å². The van der Waals surface area contributed by atoms with Crippen LogP contribution in [-0.2, 0) is 4.74 Å². The third kappa shape index (κ3) is 2.13. The van der Waals surface area contributed by atoms with Crippen molar-refractivity contribution >= 4 is 5.84 Å². The monoisotopic (exact) mass is 271 g/mol. The summed E-state index contributed by atoms with van der Waals surface area (Å²) < 4.78 is 19.8. The molecule has 2 heterocycles. The molecular weight excluding hydrogens is 253 g/mol. The van der Waals surface area contributed by atoms with Gasteiger partial charge in [-0.05, 0) is 12.5 Å². The molecule has 2 aliphatic rings. The van der Waals surface area contributed by atoms with Crippen molar-refractivity contribution in [2.75, 3.05) is 6.61 Å². The summed E-state index contributed by atoms with van der Waals surface area (Å²) in [6, 6.07) is 0. The highest BCUT2D eigenvalue weighted by Crippen LogP contribution is 2.38. The normalized spacial score (nSPS) is 38.7. The SMILES string of the molecule is C=C1N=C(N)C=CN1[C@@H]1O[C@](CC)(CO)[C@@H](O)[C@H]1F. The molecule has 4 atom stereocenters. The molecule has 6 nitrogen and oxygen atoms in total. The second kappa shape index (κ2) is 4.92. The molecule has 0 aromatic rings. The Balaban J connectivity index is 2.24. The van der Waals surface area contributed by atoms with Crippen molar-refractivity contribution in [2.24, 2.45) is 10.7 Å². The lowest BCUT2D eigenvalue weighted by Gasteiger charge is -2.32. The first-order valence-electron chi connectivity index (χ1n) is 6.05. The van der Waals surface area contributed by atoms with E-state index >= 15 is 0 Å². The number of ether oxygens (including phenoxy) is 1. The fourth-order valence-corrected chi connectivity index (χ4v) is 2.29. The predicted octanol–water partition coefficient (Wildman–Crippen LogP) is -0.160. The third-order valence-corrected chi connectivity index (χ3v) is 3.57. The van der Waals surface area contributed by atoms with Crippen LogP contribution in [0.2, 0.25) is 0 Å². The first kappa shape index (κ1) is 14.0. The van der Waals surface area contributed by atoms with E-state index in [4.69, 9.17) is 10.5 Å². The molecule has 0 saturated carbocycles. The maximum Gasteiger partial charge on any atom is 0.174 e. The maximum absolute atomic E-state index is 14.2. The summed E-state index contributed by atoms with van der Waals surface area (Å²) >= 11 is 0. The van der Waals surface area contributed by atoms with Gasteiger partial charge >= 0.3 is 0 Å². The second-order valence-electron chi connectivity index (χ2n) is 4.65. The number of aliphatic imine (C=N–C) groups is 1. The predicted molar refractivity (Wildman–Crippen MR) is 67.6 cm³/mol. The van der Waals surface area contributed by atoms with Gasteiger partial charge < -0.3 is 25.6 Å². The molecule has 0 spiro atoms. The van der Waals surface area contributed by atoms with Crippen molar-refractivity contribution in [3.8, 4) is 0 Å². The quantitative estimate of drug-likeness (QED) is 0.663. The lowest BCUT2D eigenvalue weighted by molar-refractivity contribution is -0.135. The molecule has 2 rings (SSSR count). The van der Waals surface area contributed by atoms with Crippen LogP contribution in [0.4, 0.5) is 4.39 Å². The van der Waals surface area contributed by atoms with Gasteiger partial charge in [0.15, 0.2) is 12.4 Å². The highest BCUT2D eigenvalue weighted by molar-refractivity contribution is 5.92. The van der Waals surface area contributed by atoms with Crippen molar-refractivity contribution in [2.45, 2.75) is 37.4 Å². The van der Waals surface area contributed by atoms with Crippen LogP contribution >= 0.6 is 0 Å². The summed E-state index contributed by atoms with van der Waals surface area (Å²) in [4.78, 5) is 5.27. The van der Waals surface area contributed by atoms with Gasteiger partial charge in [0, 0.05) is 6.20 Å². The summed E-state index contributed by atoms with van der Waals surface area (Å²) in [5.41, 5.74) is 4.20. The van der Waals surface area contributed by atoms with E-state index in [2.05, 4.69) is 11.6 Å². The number of aliphatic hydroxyl groups is 2. The Kier molecular flexibility index (Phi) is 3.62. The zero-order valence-electron chi connectivity index (χ0n) is 10.7. The minimum atomic E-state index is -1.68. The molecule has 106 valence electrons. The smallest absolute Gasteiger partial charge is 0.174 e. The van der Waals surface area contributed by atoms with Crippen LogP contribution in [0.15, 0.2) is 29.7 Å². The van der Waals surface area contributed by atoms with E-state index in [9.17, 15) is 14.6 Å². The minimum Gasteiger partial charge on any atom is -0.393 e. The van der Waals surface area contributed by atoms with E-state index in [1.54, 1.807) is 6.92 Å². The van der Waals surface area contributed by atoms with E-state index in [1.807, 2.05) is 0 Å². The average molecular weight is 271 g/mol. The first-order valence-corrected chi connectivity index (χ1v) is 6.05. The lowest BCUT2D eigenvalue weighted by atomic mass is 9.94. The second-order valence-corrected chi connectivity index (χ2v) is 4.65. The fraction of sp³-hybridized carbons (Fsp3) is 0.583. The zero-order valence-corrected chi connectivity index (χ0v) is 10.7. The number of amidine groups is 1. The number of hydrogen-bond acceptors (Lipinski definition) is 6. The van der Waals surface area contributed by atoms with Gasteiger partial charge in [-0.1, -0.05) is 13.5 Å². The molecule has 0 amide bonds. The van der Waals surface area contributed by atoms with E-state index in [0.717, 1.165) is 0 Å². The molecule has 0 aliphatic carbocycles. The summed E-state index contributed by atoms with van der Waals surface area (Å²) in [6.45, 7) is 4.92. The molecule has 19 heavy (non-hydrogen) atoms. The average Bonchev–Trinajstić information content (AvgIpc) is 2.64. The maximum atomic E-state index is 14.2. The first-order chi connectivity index (χ1) is 8.95. The Morgan fingerprint density at radius 3 is 2.84 bits per heavy atom. The van der Waals surface area contributed by atoms with Crippen molar-refractivity contribution < 1.29 is 19.3 Å². The summed E-state index contributed by atoms with van der Waals surface area (Å²) in [7, 11) is 0. The Morgan fingerprint density at radius 2 is 2.37 bits per heavy atom. The van der Waals surface area contributed by atoms with Crippen molar-refractivity contribution in [1.29, 1.82) is 0 Å². The van der Waals surface area contributed by atoms with Crippen LogP contribution < -0.4 is 5.73 Å². The number of halogens is 1. The van der Waals surface area contributed by atoms with Crippen LogP contribution in [0.1, 0.15) is 13.3 Å². The van der Waals surface area contributed by atoms with Gasteiger partial charge in [0.2, 0.25) is 0 Å². The number of nitrogens with two attached hydrogens (primary N) is 1. The molecule has 0 unspecified atom stereocenters. The fourth-order valence-electron chi connectivity index (χ4n) is 2.29. The Hall–Kier alpha value is -1.44. The molecule has 0 aromatic carbocycles. The zero-order chi connectivity index (χ0) is 14.2. The van der Waals surface area contributed by atoms with Gasteiger partial charge in [0.1, 0.15) is 23.4 Å². The van der Waals surface area contributed by atoms with E-state index < -0.39 is 30.7 Å². The summed E-state index contributed by atoms with van der Waals surface area (Å²) in [6.07, 6.45) is -0.890. The number of hydrogen-bond donors (Lipinski definition) is 3. The van der Waals surface area contributed by atoms with Crippen molar-refractivity contribution in [3.05, 3.63) is 24.7 Å². The van der Waals surface area contributed by atoms with Gasteiger partial charge in [-0.2, -0.15) is 0 Å². The van der Waals surface area contributed by atoms with Crippen molar-refractivity contribution in [3.63, 3.8) is 0 Å². The molecule has 7 heteroatoms. The molecule has 1 saturated heterocycles. The third-order valence-electron chi connectivity index (χ3n) is 3.57. The number of aliphatic hydroxyl groups excluding tert-OH is 2. The highest BCUT2D eigenvalue weighted by atomic mass is 19.1. The summed E-state index contributed by atoms with van der Waals surface area (Å²) in [5, 5.41) is 19.3. The Bertz CT molecular complexity index is 434. The molecule has 0 radical (unpaired) electrons. The van der Waals surface area contributed by atoms with E-state index in [-0.39, 0.29) is 18.1 Å². The molecular formula is C12H18FN3O3. The van der Waals surface area contributed by atoms with Gasteiger partial charge in [0.05, 0.1) is 6.61 Å². The van der Waals surface area contributed by atoms with Gasteiger partial charge in [-0.3, -0.25) is 0 Å². The van der Waals surface area contributed by atoms with Crippen LogP contribution in [0, 0.1) is 0 Å². The highest BCUT2D eigenvalue weighted by Gasteiger charge is 2.55. The Morgan fingerprint density at radius 1 is 1.68 bits per heavy atom. The van der Waals surface area contributed by atoms with Gasteiger partial charge in [0.25, 0.3) is 0 Å². The Labute approximate surface area is 110 Å². The molecule has 0 bridgehead atoms. The van der Waals surface area contributed by atoms with Crippen molar-refractivity contribution in [1.82, 2.24) is 4.90 Å². The van der Waals surface area contributed by atoms with Gasteiger partial charge in [-0.15, -0.1) is 0 Å². The van der Waals surface area contributed by atoms with Crippen LogP contribution in [0.25, 0.3) is 0 Å². The van der Waals surface area contributed by atoms with Crippen LogP contribution in [-0.4, -0.2) is 51.7 Å². The largest absolute Gasteiger partial charge is 0.393 e. The standard InChI is InChI=1S/C12H18FN3O3/c1-3-12(6-17)10(18)9(13)11(19-12)16-5-4-8(14)15-7(16)2/h4-5,9-11,17-18H,2-3,6H2,1H3,(H2,14,15)/t9-,10+,11-,12-/m1/s1. The van der Waals surface area contributed by atoms with Crippen LogP contribution in [0.5, 0.6) is 0 Å². The molecule has 2 aliphatic heterocycles. The molecule has 0 aromatic heterocycles. The summed E-state index contributed by atoms with van der Waals surface area (Å²) in [5.74, 6) is 0.490. The minimum absolute atomic E-state index is 0.227. The number of nitrogens with zero attached hydrogens (tertiary/aromatic N) is 2. The van der Waals surface area contributed by atoms with E-state index in [0.29, 0.717) is 0 Å². The van der Waals surface area contributed by atoms with E-state index in [1.165, 1.54) is 17.2 Å². The number of rotatable bonds is 3. The number of alkyl halides is 1. The molecule has 4 N–H and O–H groups in total. The van der Waals surface area contributed by atoms with Gasteiger partial charge in [-0.25, -0.2) is 9.38 Å². The topological polar surface area (TPSA) is 91.3 Å².